The number of rotatable bonds is 3. The maximum absolute atomic E-state index is 11.4. The molecular formula is C8H5N2O3S2-. The van der Waals surface area contributed by atoms with Gasteiger partial charge in [0.05, 0.1) is 22.5 Å². The summed E-state index contributed by atoms with van der Waals surface area (Å²) in [4.78, 5) is 19.0. The van der Waals surface area contributed by atoms with Crippen molar-refractivity contribution in [2.75, 3.05) is 5.75 Å². The van der Waals surface area contributed by atoms with Gasteiger partial charge in [0.1, 0.15) is 10.3 Å². The van der Waals surface area contributed by atoms with Crippen molar-refractivity contribution in [2.24, 2.45) is 0 Å². The van der Waals surface area contributed by atoms with Crippen LogP contribution in [0.15, 0.2) is 22.7 Å². The van der Waals surface area contributed by atoms with E-state index in [4.69, 9.17) is 0 Å². The van der Waals surface area contributed by atoms with Gasteiger partial charge in [-0.05, 0) is 12.1 Å². The van der Waals surface area contributed by atoms with E-state index in [1.807, 2.05) is 0 Å². The first-order chi connectivity index (χ1) is 7.16. The van der Waals surface area contributed by atoms with Crippen molar-refractivity contribution in [3.63, 3.8) is 0 Å². The van der Waals surface area contributed by atoms with Crippen LogP contribution in [0.5, 0.6) is 0 Å². The van der Waals surface area contributed by atoms with Crippen molar-refractivity contribution in [2.45, 2.75) is 4.34 Å². The highest BCUT2D eigenvalue weighted by atomic mass is 32.2. The molecule has 78 valence electrons. The summed E-state index contributed by atoms with van der Waals surface area (Å²) >= 11 is 1.13. The van der Waals surface area contributed by atoms with Gasteiger partial charge in [-0.2, -0.15) is 0 Å². The predicted octanol–water partition coefficient (Wildman–Crippen LogP) is -0.451. The molecule has 2 heterocycles. The summed E-state index contributed by atoms with van der Waals surface area (Å²) < 4.78 is 11.7. The van der Waals surface area contributed by atoms with Crippen LogP contribution in [0.2, 0.25) is 0 Å². The third kappa shape index (κ3) is 2.18. The van der Waals surface area contributed by atoms with E-state index in [1.165, 1.54) is 0 Å². The number of aromatic nitrogens is 2. The zero-order valence-corrected chi connectivity index (χ0v) is 9.01. The van der Waals surface area contributed by atoms with Gasteiger partial charge in [-0.1, -0.05) is 11.3 Å². The minimum absolute atomic E-state index is 0.271. The molecular weight excluding hydrogens is 236 g/mol. The standard InChI is InChI=1S/C8H6N2O3S2/c11-6(12)4-15(13)8-10-5-2-1-3-9-7(5)14-8/h1-3H,4H2,(H,11,12)/p-1. The molecule has 1 unspecified atom stereocenters. The SMILES string of the molecule is O=C([O-])CS(=O)c1nc2cccnc2s1. The van der Waals surface area contributed by atoms with E-state index < -0.39 is 22.5 Å². The molecule has 0 aliphatic heterocycles. The average Bonchev–Trinajstić information content (AvgIpc) is 2.59. The summed E-state index contributed by atoms with van der Waals surface area (Å²) in [6, 6.07) is 3.45. The van der Waals surface area contributed by atoms with Crippen LogP contribution in [0, 0.1) is 0 Å². The number of carboxylic acids is 1. The van der Waals surface area contributed by atoms with Gasteiger partial charge in [0.25, 0.3) is 0 Å². The van der Waals surface area contributed by atoms with Crippen LogP contribution in [-0.4, -0.2) is 25.9 Å². The van der Waals surface area contributed by atoms with Crippen molar-refractivity contribution in [1.82, 2.24) is 9.97 Å². The summed E-state index contributed by atoms with van der Waals surface area (Å²) in [5, 5.41) is 10.3. The molecule has 0 fully saturated rings. The lowest BCUT2D eigenvalue weighted by Crippen LogP contribution is -2.28. The number of hydrogen-bond acceptors (Lipinski definition) is 6. The molecule has 0 saturated carbocycles. The van der Waals surface area contributed by atoms with Crippen LogP contribution < -0.4 is 5.11 Å². The fourth-order valence-corrected chi connectivity index (χ4v) is 2.98. The Morgan fingerprint density at radius 2 is 2.40 bits per heavy atom. The van der Waals surface area contributed by atoms with Crippen molar-refractivity contribution in [3.05, 3.63) is 18.3 Å². The Balaban J connectivity index is 2.36. The molecule has 2 aromatic rings. The predicted molar refractivity (Wildman–Crippen MR) is 53.7 cm³/mol. The number of carbonyl (C=O) groups excluding carboxylic acids is 1. The van der Waals surface area contributed by atoms with Crippen molar-refractivity contribution < 1.29 is 14.1 Å². The van der Waals surface area contributed by atoms with E-state index in [1.54, 1.807) is 18.3 Å². The van der Waals surface area contributed by atoms with Gasteiger partial charge in [-0.25, -0.2) is 9.97 Å². The van der Waals surface area contributed by atoms with Gasteiger partial charge in [0.15, 0.2) is 4.34 Å². The van der Waals surface area contributed by atoms with Gasteiger partial charge in [0.2, 0.25) is 0 Å². The van der Waals surface area contributed by atoms with Crippen LogP contribution in [-0.2, 0) is 15.6 Å². The average molecular weight is 241 g/mol. The molecule has 2 aromatic heterocycles. The molecule has 0 saturated heterocycles. The number of fused-ring (bicyclic) bond motifs is 1. The molecule has 0 aromatic carbocycles. The van der Waals surface area contributed by atoms with Gasteiger partial charge < -0.3 is 9.90 Å². The fraction of sp³-hybridized carbons (Fsp3) is 0.125. The van der Waals surface area contributed by atoms with Crippen LogP contribution in [0.25, 0.3) is 10.3 Å². The van der Waals surface area contributed by atoms with E-state index >= 15 is 0 Å². The quantitative estimate of drug-likeness (QED) is 0.726. The second-order valence-corrected chi connectivity index (χ2v) is 5.27. The molecule has 0 aliphatic carbocycles. The molecule has 0 amide bonds. The minimum atomic E-state index is -1.64. The molecule has 1 atom stereocenters. The second kappa shape index (κ2) is 4.03. The van der Waals surface area contributed by atoms with Crippen LogP contribution in [0.4, 0.5) is 0 Å². The topological polar surface area (TPSA) is 83.0 Å². The highest BCUT2D eigenvalue weighted by molar-refractivity contribution is 7.88. The molecule has 2 rings (SSSR count). The Kier molecular flexibility index (Phi) is 2.74. The lowest BCUT2D eigenvalue weighted by molar-refractivity contribution is -0.301. The summed E-state index contributed by atoms with van der Waals surface area (Å²) in [6.45, 7) is 0. The maximum Gasteiger partial charge on any atom is 0.183 e. The number of carbonyl (C=O) groups is 1. The maximum atomic E-state index is 11.4. The third-order valence-corrected chi connectivity index (χ3v) is 4.15. The molecule has 15 heavy (non-hydrogen) atoms. The van der Waals surface area contributed by atoms with Crippen molar-refractivity contribution in [3.8, 4) is 0 Å². The van der Waals surface area contributed by atoms with Gasteiger partial charge in [-0.3, -0.25) is 4.21 Å². The first kappa shape index (κ1) is 10.2. The summed E-state index contributed by atoms with van der Waals surface area (Å²) in [7, 11) is -1.64. The van der Waals surface area contributed by atoms with E-state index in [-0.39, 0.29) is 4.34 Å². The molecule has 0 N–H and O–H groups in total. The van der Waals surface area contributed by atoms with E-state index in [9.17, 15) is 14.1 Å². The number of aliphatic carboxylic acids is 1. The minimum Gasteiger partial charge on any atom is -0.549 e. The third-order valence-electron chi connectivity index (χ3n) is 1.59. The highest BCUT2D eigenvalue weighted by Gasteiger charge is 2.10. The second-order valence-electron chi connectivity index (χ2n) is 2.67. The number of nitrogens with zero attached hydrogens (tertiary/aromatic N) is 2. The van der Waals surface area contributed by atoms with Crippen molar-refractivity contribution >= 4 is 38.5 Å². The number of hydrogen-bond donors (Lipinski definition) is 0. The Bertz CT molecular complexity index is 504. The number of thiazole rings is 1. The molecule has 0 spiro atoms. The van der Waals surface area contributed by atoms with Gasteiger partial charge in [-0.15, -0.1) is 0 Å². The lowest BCUT2D eigenvalue weighted by Gasteiger charge is -1.97. The summed E-state index contributed by atoms with van der Waals surface area (Å²) in [5.41, 5.74) is 0.629. The van der Waals surface area contributed by atoms with Crippen LogP contribution >= 0.6 is 11.3 Å². The van der Waals surface area contributed by atoms with Crippen molar-refractivity contribution in [1.29, 1.82) is 0 Å². The molecule has 7 heteroatoms. The Morgan fingerprint density at radius 1 is 1.60 bits per heavy atom. The Labute approximate surface area is 91.3 Å². The van der Waals surface area contributed by atoms with Gasteiger partial charge >= 0.3 is 0 Å². The number of pyridine rings is 1. The van der Waals surface area contributed by atoms with E-state index in [0.29, 0.717) is 10.3 Å². The largest absolute Gasteiger partial charge is 0.549 e. The molecule has 0 bridgehead atoms. The Hall–Kier alpha value is -1.34. The first-order valence-corrected chi connectivity index (χ1v) is 6.10. The van der Waals surface area contributed by atoms with Crippen LogP contribution in [0.1, 0.15) is 0 Å². The molecule has 0 aliphatic rings. The summed E-state index contributed by atoms with van der Waals surface area (Å²) in [5.74, 6) is -1.87. The first-order valence-electron chi connectivity index (χ1n) is 3.96. The molecule has 5 nitrogen and oxygen atoms in total. The highest BCUT2D eigenvalue weighted by Crippen LogP contribution is 2.21. The van der Waals surface area contributed by atoms with Gasteiger partial charge in [0, 0.05) is 6.20 Å². The van der Waals surface area contributed by atoms with E-state index in [0.717, 1.165) is 11.3 Å². The summed E-state index contributed by atoms with van der Waals surface area (Å²) in [6.07, 6.45) is 1.60. The zero-order chi connectivity index (χ0) is 10.8. The monoisotopic (exact) mass is 241 g/mol. The molecule has 0 radical (unpaired) electrons. The fourth-order valence-electron chi connectivity index (χ4n) is 1.02. The Morgan fingerprint density at radius 3 is 3.07 bits per heavy atom. The normalized spacial score (nSPS) is 12.8. The lowest BCUT2D eigenvalue weighted by atomic mass is 10.5. The number of carboxylic acid groups (broad SMARTS) is 1. The smallest absolute Gasteiger partial charge is 0.183 e. The zero-order valence-electron chi connectivity index (χ0n) is 7.37. The van der Waals surface area contributed by atoms with Crippen LogP contribution in [0.3, 0.4) is 0 Å². The van der Waals surface area contributed by atoms with E-state index in [2.05, 4.69) is 9.97 Å².